The minimum Gasteiger partial charge on any atom is -0.126 e. The van der Waals surface area contributed by atoms with Crippen molar-refractivity contribution in [1.82, 2.24) is 0 Å². The first-order valence-electron chi connectivity index (χ1n) is 5.08. The number of rotatable bonds is 5. The van der Waals surface area contributed by atoms with E-state index < -0.39 is 0 Å². The lowest BCUT2D eigenvalue weighted by atomic mass is 10.1. The molecule has 0 saturated heterocycles. The predicted octanol–water partition coefficient (Wildman–Crippen LogP) is 4.31. The summed E-state index contributed by atoms with van der Waals surface area (Å²) in [6.45, 7) is 8.18. The lowest BCUT2D eigenvalue weighted by Crippen LogP contribution is -1.85. The van der Waals surface area contributed by atoms with Gasteiger partial charge in [0.2, 0.25) is 0 Å². The average Bonchev–Trinajstić information content (AvgIpc) is 2.17. The van der Waals surface area contributed by atoms with E-state index in [1.54, 1.807) is 0 Å². The van der Waals surface area contributed by atoms with Gasteiger partial charge in [-0.2, -0.15) is 0 Å². The molecule has 0 heterocycles. The number of allylic oxidation sites excluding steroid dienone is 1. The number of thioether (sulfide) groups is 1. The Bertz CT molecular complexity index is 285. The standard InChI is InChI=1S/C13H18S/c1-4-14-13-9-7-12(8-10-13)6-5-11(2)3/h7-10H,2,4-6H2,1,3H3. The van der Waals surface area contributed by atoms with Crippen LogP contribution in [0.4, 0.5) is 0 Å². The molecule has 0 aliphatic carbocycles. The van der Waals surface area contributed by atoms with Crippen molar-refractivity contribution in [3.8, 4) is 0 Å². The van der Waals surface area contributed by atoms with Gasteiger partial charge in [-0.25, -0.2) is 0 Å². The molecule has 1 aromatic rings. The van der Waals surface area contributed by atoms with Gasteiger partial charge in [0.15, 0.2) is 0 Å². The monoisotopic (exact) mass is 206 g/mol. The van der Waals surface area contributed by atoms with Crippen LogP contribution < -0.4 is 0 Å². The second kappa shape index (κ2) is 5.92. The van der Waals surface area contributed by atoms with Crippen molar-refractivity contribution >= 4 is 11.8 Å². The van der Waals surface area contributed by atoms with E-state index in [2.05, 4.69) is 44.7 Å². The molecule has 14 heavy (non-hydrogen) atoms. The molecule has 0 bridgehead atoms. The van der Waals surface area contributed by atoms with Gasteiger partial charge < -0.3 is 0 Å². The van der Waals surface area contributed by atoms with Crippen molar-refractivity contribution in [1.29, 1.82) is 0 Å². The van der Waals surface area contributed by atoms with Crippen LogP contribution in [-0.4, -0.2) is 5.75 Å². The van der Waals surface area contributed by atoms with Crippen LogP contribution in [0.2, 0.25) is 0 Å². The normalized spacial score (nSPS) is 10.1. The van der Waals surface area contributed by atoms with Gasteiger partial charge in [0, 0.05) is 4.90 Å². The maximum Gasteiger partial charge on any atom is 0.00720 e. The Morgan fingerprint density at radius 1 is 1.29 bits per heavy atom. The zero-order valence-electron chi connectivity index (χ0n) is 9.05. The summed E-state index contributed by atoms with van der Waals surface area (Å²) in [5, 5.41) is 0. The SMILES string of the molecule is C=C(C)CCc1ccc(SCC)cc1. The molecular formula is C13H18S. The molecular weight excluding hydrogens is 188 g/mol. The van der Waals surface area contributed by atoms with Crippen LogP contribution in [-0.2, 0) is 6.42 Å². The molecule has 0 aliphatic heterocycles. The summed E-state index contributed by atoms with van der Waals surface area (Å²) in [7, 11) is 0. The Balaban J connectivity index is 2.50. The lowest BCUT2D eigenvalue weighted by Gasteiger charge is -2.02. The van der Waals surface area contributed by atoms with E-state index in [1.807, 2.05) is 11.8 Å². The second-order valence-electron chi connectivity index (χ2n) is 3.53. The Kier molecular flexibility index (Phi) is 4.81. The molecule has 0 aromatic heterocycles. The van der Waals surface area contributed by atoms with E-state index in [4.69, 9.17) is 0 Å². The molecule has 0 fully saturated rings. The molecule has 0 saturated carbocycles. The van der Waals surface area contributed by atoms with Gasteiger partial charge in [0.25, 0.3) is 0 Å². The Morgan fingerprint density at radius 3 is 2.43 bits per heavy atom. The van der Waals surface area contributed by atoms with Crippen LogP contribution in [0.15, 0.2) is 41.3 Å². The summed E-state index contributed by atoms with van der Waals surface area (Å²) >= 11 is 1.89. The summed E-state index contributed by atoms with van der Waals surface area (Å²) in [6, 6.07) is 8.87. The van der Waals surface area contributed by atoms with Crippen LogP contribution >= 0.6 is 11.8 Å². The molecule has 0 atom stereocenters. The van der Waals surface area contributed by atoms with Gasteiger partial charge in [-0.05, 0) is 43.2 Å². The topological polar surface area (TPSA) is 0 Å². The van der Waals surface area contributed by atoms with Gasteiger partial charge in [-0.3, -0.25) is 0 Å². The molecule has 0 radical (unpaired) electrons. The third kappa shape index (κ3) is 4.01. The second-order valence-corrected chi connectivity index (χ2v) is 4.87. The zero-order chi connectivity index (χ0) is 10.4. The third-order valence-corrected chi connectivity index (χ3v) is 2.97. The largest absolute Gasteiger partial charge is 0.126 e. The van der Waals surface area contributed by atoms with Crippen LogP contribution in [0.25, 0.3) is 0 Å². The molecule has 1 rings (SSSR count). The molecule has 0 N–H and O–H groups in total. The minimum absolute atomic E-state index is 1.10. The first kappa shape index (κ1) is 11.4. The fourth-order valence-corrected chi connectivity index (χ4v) is 1.94. The highest BCUT2D eigenvalue weighted by Crippen LogP contribution is 2.18. The van der Waals surface area contributed by atoms with Crippen LogP contribution in [0, 0.1) is 0 Å². The zero-order valence-corrected chi connectivity index (χ0v) is 9.86. The van der Waals surface area contributed by atoms with Crippen molar-refractivity contribution in [2.45, 2.75) is 31.6 Å². The van der Waals surface area contributed by atoms with Gasteiger partial charge in [-0.15, -0.1) is 18.3 Å². The van der Waals surface area contributed by atoms with Gasteiger partial charge >= 0.3 is 0 Å². The molecule has 1 aromatic carbocycles. The van der Waals surface area contributed by atoms with E-state index in [0.29, 0.717) is 0 Å². The number of benzene rings is 1. The number of aryl methyl sites for hydroxylation is 1. The first-order valence-corrected chi connectivity index (χ1v) is 6.07. The third-order valence-electron chi connectivity index (χ3n) is 2.07. The van der Waals surface area contributed by atoms with E-state index in [-0.39, 0.29) is 0 Å². The van der Waals surface area contributed by atoms with Gasteiger partial charge in [0.1, 0.15) is 0 Å². The molecule has 0 aliphatic rings. The highest BCUT2D eigenvalue weighted by molar-refractivity contribution is 7.99. The molecule has 1 heteroatoms. The summed E-state index contributed by atoms with van der Waals surface area (Å²) in [6.07, 6.45) is 2.21. The number of hydrogen-bond acceptors (Lipinski definition) is 1. The van der Waals surface area contributed by atoms with Crippen LogP contribution in [0.3, 0.4) is 0 Å². The number of hydrogen-bond donors (Lipinski definition) is 0. The Morgan fingerprint density at radius 2 is 1.93 bits per heavy atom. The van der Waals surface area contributed by atoms with Crippen molar-refractivity contribution in [3.63, 3.8) is 0 Å². The molecule has 0 unspecified atom stereocenters. The van der Waals surface area contributed by atoms with Crippen molar-refractivity contribution in [2.75, 3.05) is 5.75 Å². The van der Waals surface area contributed by atoms with Gasteiger partial charge in [-0.1, -0.05) is 24.6 Å². The molecule has 0 spiro atoms. The predicted molar refractivity (Wildman–Crippen MR) is 66.0 cm³/mol. The summed E-state index contributed by atoms with van der Waals surface area (Å²) in [5.41, 5.74) is 2.67. The first-order chi connectivity index (χ1) is 6.72. The molecule has 0 amide bonds. The van der Waals surface area contributed by atoms with Crippen molar-refractivity contribution in [3.05, 3.63) is 42.0 Å². The Hall–Kier alpha value is -0.690. The van der Waals surface area contributed by atoms with Gasteiger partial charge in [0.05, 0.1) is 0 Å². The van der Waals surface area contributed by atoms with Crippen molar-refractivity contribution < 1.29 is 0 Å². The average molecular weight is 206 g/mol. The van der Waals surface area contributed by atoms with Crippen LogP contribution in [0.5, 0.6) is 0 Å². The summed E-state index contributed by atoms with van der Waals surface area (Å²) in [5.74, 6) is 1.14. The maximum absolute atomic E-state index is 3.91. The highest BCUT2D eigenvalue weighted by Gasteiger charge is 1.95. The maximum atomic E-state index is 3.91. The van der Waals surface area contributed by atoms with E-state index >= 15 is 0 Å². The lowest BCUT2D eigenvalue weighted by molar-refractivity contribution is 0.944. The van der Waals surface area contributed by atoms with E-state index in [9.17, 15) is 0 Å². The van der Waals surface area contributed by atoms with Crippen molar-refractivity contribution in [2.24, 2.45) is 0 Å². The minimum atomic E-state index is 1.10. The fourth-order valence-electron chi connectivity index (χ4n) is 1.28. The Labute approximate surface area is 91.4 Å². The van der Waals surface area contributed by atoms with E-state index in [0.717, 1.165) is 18.6 Å². The quantitative estimate of drug-likeness (QED) is 0.511. The molecule has 0 nitrogen and oxygen atoms in total. The van der Waals surface area contributed by atoms with Crippen LogP contribution in [0.1, 0.15) is 25.8 Å². The fraction of sp³-hybridized carbons (Fsp3) is 0.385. The summed E-state index contributed by atoms with van der Waals surface area (Å²) < 4.78 is 0. The highest BCUT2D eigenvalue weighted by atomic mass is 32.2. The smallest absolute Gasteiger partial charge is 0.00720 e. The summed E-state index contributed by atoms with van der Waals surface area (Å²) in [4.78, 5) is 1.37. The van der Waals surface area contributed by atoms with E-state index in [1.165, 1.54) is 16.0 Å². The molecule has 76 valence electrons.